The van der Waals surface area contributed by atoms with Gasteiger partial charge in [0.05, 0.1) is 12.0 Å². The average Bonchev–Trinajstić information content (AvgIpc) is 3.05. The van der Waals surface area contributed by atoms with Crippen LogP contribution in [0.25, 0.3) is 0 Å². The van der Waals surface area contributed by atoms with Crippen molar-refractivity contribution in [1.29, 1.82) is 0 Å². The van der Waals surface area contributed by atoms with Gasteiger partial charge in [0.1, 0.15) is 6.04 Å². The fourth-order valence-corrected chi connectivity index (χ4v) is 2.30. The van der Waals surface area contributed by atoms with Gasteiger partial charge in [-0.25, -0.2) is 9.59 Å². The summed E-state index contributed by atoms with van der Waals surface area (Å²) in [6.45, 7) is 4.79. The van der Waals surface area contributed by atoms with Crippen molar-refractivity contribution < 1.29 is 28.7 Å². The number of methoxy groups -OCH3 is 1. The standard InChI is InChI=1S/C15H20N2O6S/c1-8(2)11(16-13(19)10-6-5-7-24-10)14(20)23-9(3)12(18)17-15(21)22-4/h5-9,11H,1-4H3,(H,16,19)(H,17,18,21)/t9-,11-/m1/s1. The van der Waals surface area contributed by atoms with Gasteiger partial charge < -0.3 is 14.8 Å². The van der Waals surface area contributed by atoms with Crippen molar-refractivity contribution in [1.82, 2.24) is 10.6 Å². The van der Waals surface area contributed by atoms with E-state index in [4.69, 9.17) is 4.74 Å². The van der Waals surface area contributed by atoms with Crippen LogP contribution in [0.5, 0.6) is 0 Å². The normalized spacial score (nSPS) is 12.9. The maximum absolute atomic E-state index is 12.2. The molecule has 24 heavy (non-hydrogen) atoms. The highest BCUT2D eigenvalue weighted by atomic mass is 32.1. The Kier molecular flexibility index (Phi) is 7.37. The minimum atomic E-state index is -1.21. The second-order valence-corrected chi connectivity index (χ2v) is 6.18. The molecule has 0 aromatic carbocycles. The Balaban J connectivity index is 2.68. The van der Waals surface area contributed by atoms with Crippen molar-refractivity contribution in [2.75, 3.05) is 7.11 Å². The smallest absolute Gasteiger partial charge is 0.413 e. The van der Waals surface area contributed by atoms with E-state index in [0.29, 0.717) is 4.88 Å². The van der Waals surface area contributed by atoms with Crippen LogP contribution in [0.1, 0.15) is 30.4 Å². The molecule has 0 spiro atoms. The van der Waals surface area contributed by atoms with Crippen molar-refractivity contribution in [3.05, 3.63) is 22.4 Å². The van der Waals surface area contributed by atoms with Crippen LogP contribution in [0, 0.1) is 5.92 Å². The SMILES string of the molecule is COC(=O)NC(=O)[C@@H](C)OC(=O)[C@H](NC(=O)c1cccs1)C(C)C. The zero-order valence-corrected chi connectivity index (χ0v) is 14.6. The molecule has 0 aliphatic heterocycles. The largest absolute Gasteiger partial charge is 0.453 e. The van der Waals surface area contributed by atoms with Gasteiger partial charge in [0.25, 0.3) is 11.8 Å². The van der Waals surface area contributed by atoms with Crippen LogP contribution < -0.4 is 10.6 Å². The number of hydrogen-bond acceptors (Lipinski definition) is 7. The van der Waals surface area contributed by atoms with E-state index in [1.54, 1.807) is 31.4 Å². The molecule has 0 saturated heterocycles. The predicted molar refractivity (Wildman–Crippen MR) is 86.5 cm³/mol. The lowest BCUT2D eigenvalue weighted by Gasteiger charge is -2.22. The summed E-state index contributed by atoms with van der Waals surface area (Å²) < 4.78 is 9.32. The second-order valence-electron chi connectivity index (χ2n) is 5.23. The third-order valence-electron chi connectivity index (χ3n) is 3.02. The highest BCUT2D eigenvalue weighted by molar-refractivity contribution is 7.12. The summed E-state index contributed by atoms with van der Waals surface area (Å²) >= 11 is 1.24. The first kappa shape index (κ1) is 19.6. The van der Waals surface area contributed by atoms with Gasteiger partial charge in [0, 0.05) is 0 Å². The molecule has 0 radical (unpaired) electrons. The molecule has 1 rings (SSSR count). The Hall–Kier alpha value is -2.42. The van der Waals surface area contributed by atoms with Gasteiger partial charge in [0.15, 0.2) is 6.10 Å². The molecule has 0 unspecified atom stereocenters. The molecule has 8 nitrogen and oxygen atoms in total. The average molecular weight is 356 g/mol. The Morgan fingerprint density at radius 2 is 1.83 bits per heavy atom. The molecular formula is C15H20N2O6S. The maximum Gasteiger partial charge on any atom is 0.413 e. The lowest BCUT2D eigenvalue weighted by Crippen LogP contribution is -2.48. The number of thiophene rings is 1. The Morgan fingerprint density at radius 1 is 1.17 bits per heavy atom. The number of rotatable bonds is 6. The van der Waals surface area contributed by atoms with Crippen LogP contribution in [0.2, 0.25) is 0 Å². The number of esters is 1. The van der Waals surface area contributed by atoms with E-state index in [2.05, 4.69) is 10.1 Å². The van der Waals surface area contributed by atoms with Crippen molar-refractivity contribution in [2.24, 2.45) is 5.92 Å². The molecule has 0 saturated carbocycles. The van der Waals surface area contributed by atoms with Gasteiger partial charge in [-0.05, 0) is 24.3 Å². The molecule has 132 valence electrons. The quantitative estimate of drug-likeness (QED) is 0.744. The monoisotopic (exact) mass is 356 g/mol. The molecule has 9 heteroatoms. The summed E-state index contributed by atoms with van der Waals surface area (Å²) in [5.41, 5.74) is 0. The molecule has 3 amide bonds. The number of hydrogen-bond donors (Lipinski definition) is 2. The van der Waals surface area contributed by atoms with Crippen LogP contribution in [0.4, 0.5) is 4.79 Å². The number of ether oxygens (including phenoxy) is 2. The lowest BCUT2D eigenvalue weighted by atomic mass is 10.0. The first-order valence-electron chi connectivity index (χ1n) is 7.20. The summed E-state index contributed by atoms with van der Waals surface area (Å²) in [6.07, 6.45) is -2.16. The Labute approximate surface area is 143 Å². The first-order valence-corrected chi connectivity index (χ1v) is 8.07. The number of nitrogens with one attached hydrogen (secondary N) is 2. The molecule has 1 aromatic rings. The van der Waals surface area contributed by atoms with Gasteiger partial charge in [-0.2, -0.15) is 0 Å². The summed E-state index contributed by atoms with van der Waals surface area (Å²) in [5, 5.41) is 6.24. The molecule has 2 N–H and O–H groups in total. The van der Waals surface area contributed by atoms with Crippen molar-refractivity contribution in [3.63, 3.8) is 0 Å². The van der Waals surface area contributed by atoms with E-state index in [1.807, 2.05) is 5.32 Å². The first-order chi connectivity index (χ1) is 11.3. The van der Waals surface area contributed by atoms with E-state index >= 15 is 0 Å². The number of carbonyl (C=O) groups excluding carboxylic acids is 4. The van der Waals surface area contributed by atoms with E-state index in [9.17, 15) is 19.2 Å². The topological polar surface area (TPSA) is 111 Å². The highest BCUT2D eigenvalue weighted by Crippen LogP contribution is 2.11. The van der Waals surface area contributed by atoms with Crippen LogP contribution >= 0.6 is 11.3 Å². The zero-order valence-electron chi connectivity index (χ0n) is 13.8. The number of carbonyl (C=O) groups is 4. The summed E-state index contributed by atoms with van der Waals surface area (Å²) in [6, 6.07) is 2.43. The van der Waals surface area contributed by atoms with Crippen LogP contribution in [-0.4, -0.2) is 43.1 Å². The number of amides is 3. The summed E-state index contributed by atoms with van der Waals surface area (Å²) in [4.78, 5) is 47.4. The fourth-order valence-electron chi connectivity index (χ4n) is 1.67. The van der Waals surface area contributed by atoms with Crippen molar-refractivity contribution in [2.45, 2.75) is 32.9 Å². The minimum absolute atomic E-state index is 0.253. The summed E-state index contributed by atoms with van der Waals surface area (Å²) in [7, 11) is 1.11. The van der Waals surface area contributed by atoms with E-state index in [0.717, 1.165) is 7.11 Å². The molecule has 1 aromatic heterocycles. The van der Waals surface area contributed by atoms with E-state index < -0.39 is 36.0 Å². The highest BCUT2D eigenvalue weighted by Gasteiger charge is 2.29. The predicted octanol–water partition coefficient (Wildman–Crippen LogP) is 1.32. The molecule has 2 atom stereocenters. The Morgan fingerprint density at radius 3 is 2.33 bits per heavy atom. The van der Waals surface area contributed by atoms with E-state index in [-0.39, 0.29) is 5.92 Å². The van der Waals surface area contributed by atoms with Gasteiger partial charge in [0.2, 0.25) is 0 Å². The number of imide groups is 1. The second kappa shape index (κ2) is 9.02. The molecule has 0 aliphatic carbocycles. The van der Waals surface area contributed by atoms with Crippen molar-refractivity contribution >= 4 is 35.2 Å². The molecule has 0 bridgehead atoms. The third kappa shape index (κ3) is 5.65. The molecule has 1 heterocycles. The van der Waals surface area contributed by atoms with Gasteiger partial charge >= 0.3 is 12.1 Å². The van der Waals surface area contributed by atoms with Crippen molar-refractivity contribution in [3.8, 4) is 0 Å². The minimum Gasteiger partial charge on any atom is -0.453 e. The summed E-state index contributed by atoms with van der Waals surface area (Å²) in [5.74, 6) is -2.23. The van der Waals surface area contributed by atoms with Crippen LogP contribution in [0.15, 0.2) is 17.5 Å². The molecule has 0 aliphatic rings. The maximum atomic E-state index is 12.2. The molecule has 0 fully saturated rings. The van der Waals surface area contributed by atoms with Gasteiger partial charge in [-0.15, -0.1) is 11.3 Å². The van der Waals surface area contributed by atoms with Gasteiger partial charge in [-0.3, -0.25) is 14.9 Å². The lowest BCUT2D eigenvalue weighted by molar-refractivity contribution is -0.157. The van der Waals surface area contributed by atoms with Crippen LogP contribution in [0.3, 0.4) is 0 Å². The third-order valence-corrected chi connectivity index (χ3v) is 3.89. The van der Waals surface area contributed by atoms with Crippen LogP contribution in [-0.2, 0) is 19.1 Å². The fraction of sp³-hybridized carbons (Fsp3) is 0.467. The van der Waals surface area contributed by atoms with E-state index in [1.165, 1.54) is 18.3 Å². The number of alkyl carbamates (subject to hydrolysis) is 1. The Bertz CT molecular complexity index is 599. The van der Waals surface area contributed by atoms with Gasteiger partial charge in [-0.1, -0.05) is 19.9 Å². The molecular weight excluding hydrogens is 336 g/mol. The zero-order chi connectivity index (χ0) is 18.3.